The van der Waals surface area contributed by atoms with Crippen molar-refractivity contribution < 1.29 is 14.3 Å². The molecule has 2 aliphatic heterocycles. The number of hydrogen-bond donors (Lipinski definition) is 1. The number of rotatable bonds is 3. The molecule has 1 N–H and O–H groups in total. The Labute approximate surface area is 171 Å². The average Bonchev–Trinajstić information content (AvgIpc) is 3.27. The van der Waals surface area contributed by atoms with Crippen LogP contribution >= 0.6 is 0 Å². The number of carbonyl (C=O) groups is 2. The van der Waals surface area contributed by atoms with Gasteiger partial charge in [0.1, 0.15) is 6.61 Å². The topological polar surface area (TPSA) is 76.5 Å². The van der Waals surface area contributed by atoms with E-state index in [1.807, 2.05) is 4.90 Å². The van der Waals surface area contributed by atoms with Crippen LogP contribution in [0, 0.1) is 0 Å². The van der Waals surface area contributed by atoms with E-state index < -0.39 is 0 Å². The highest BCUT2D eigenvalue weighted by Crippen LogP contribution is 2.33. The van der Waals surface area contributed by atoms with Gasteiger partial charge in [0.25, 0.3) is 5.91 Å². The number of carbonyl (C=O) groups excluding carboxylic acids is 2. The maximum absolute atomic E-state index is 13.3. The predicted molar refractivity (Wildman–Crippen MR) is 108 cm³/mol. The van der Waals surface area contributed by atoms with Crippen molar-refractivity contribution in [3.8, 4) is 0 Å². The molecule has 1 spiro atoms. The number of likely N-dealkylation sites (tertiary alicyclic amines) is 1. The van der Waals surface area contributed by atoms with Crippen LogP contribution in [0.15, 0.2) is 11.1 Å². The van der Waals surface area contributed by atoms with Crippen molar-refractivity contribution in [3.63, 3.8) is 0 Å². The van der Waals surface area contributed by atoms with Crippen molar-refractivity contribution >= 4 is 11.8 Å². The lowest BCUT2D eigenvalue weighted by Gasteiger charge is -2.43. The third-order valence-corrected chi connectivity index (χ3v) is 7.24. The summed E-state index contributed by atoms with van der Waals surface area (Å²) in [5, 5.41) is 7.71. The van der Waals surface area contributed by atoms with E-state index in [9.17, 15) is 9.59 Å². The van der Waals surface area contributed by atoms with Gasteiger partial charge >= 0.3 is 0 Å². The molecule has 1 saturated carbocycles. The van der Waals surface area contributed by atoms with Crippen molar-refractivity contribution in [3.05, 3.63) is 28.1 Å². The molecule has 0 aromatic carbocycles. The highest BCUT2D eigenvalue weighted by molar-refractivity contribution is 5.94. The first-order valence-corrected chi connectivity index (χ1v) is 11.0. The maximum atomic E-state index is 13.3. The van der Waals surface area contributed by atoms with E-state index in [2.05, 4.69) is 16.9 Å². The van der Waals surface area contributed by atoms with Gasteiger partial charge in [-0.1, -0.05) is 11.1 Å². The van der Waals surface area contributed by atoms with Crippen LogP contribution in [-0.4, -0.2) is 58.3 Å². The fourth-order valence-electron chi connectivity index (χ4n) is 5.10. The standard InChI is InChI=1S/C22H30N4O3/c1-15(16-4-2-5-16)12-26-18-7-3-6-17(18)20(24-26)21(28)25-10-8-22(9-11-25)14-23-19(27)13-29-22/h2-14H2,1H3,(H,23,27). The minimum absolute atomic E-state index is 0.0533. The molecular weight excluding hydrogens is 368 g/mol. The summed E-state index contributed by atoms with van der Waals surface area (Å²) in [6.07, 6.45) is 8.35. The molecular formula is C22H30N4O3. The summed E-state index contributed by atoms with van der Waals surface area (Å²) < 4.78 is 7.94. The Morgan fingerprint density at radius 2 is 1.93 bits per heavy atom. The molecule has 0 radical (unpaired) electrons. The molecule has 2 aliphatic carbocycles. The maximum Gasteiger partial charge on any atom is 0.274 e. The second-order valence-corrected chi connectivity index (χ2v) is 9.06. The molecule has 1 aromatic heterocycles. The van der Waals surface area contributed by atoms with Gasteiger partial charge in [-0.3, -0.25) is 14.3 Å². The van der Waals surface area contributed by atoms with E-state index in [0.29, 0.717) is 25.3 Å². The van der Waals surface area contributed by atoms with Crippen molar-refractivity contribution in [2.45, 2.75) is 70.4 Å². The Bertz CT molecular complexity index is 859. The highest BCUT2D eigenvalue weighted by atomic mass is 16.5. The first kappa shape index (κ1) is 18.9. The van der Waals surface area contributed by atoms with E-state index in [-0.39, 0.29) is 24.0 Å². The van der Waals surface area contributed by atoms with Crippen LogP contribution in [0.5, 0.6) is 0 Å². The summed E-state index contributed by atoms with van der Waals surface area (Å²) in [5.41, 5.74) is 5.78. The molecule has 2 amide bonds. The third-order valence-electron chi connectivity index (χ3n) is 7.24. The SMILES string of the molecule is CC(Cn1nc(C(=O)N2CCC3(CC2)CNC(=O)CO3)c2c1CCC2)=C1CCC1. The number of nitrogens with one attached hydrogen (secondary N) is 1. The summed E-state index contributed by atoms with van der Waals surface area (Å²) >= 11 is 0. The van der Waals surface area contributed by atoms with Crippen LogP contribution in [0.2, 0.25) is 0 Å². The van der Waals surface area contributed by atoms with Gasteiger partial charge < -0.3 is 15.0 Å². The number of hydrogen-bond acceptors (Lipinski definition) is 4. The van der Waals surface area contributed by atoms with E-state index in [1.54, 1.807) is 5.57 Å². The second kappa shape index (κ2) is 7.27. The zero-order valence-corrected chi connectivity index (χ0v) is 17.3. The quantitative estimate of drug-likeness (QED) is 0.790. The zero-order valence-electron chi connectivity index (χ0n) is 17.3. The second-order valence-electron chi connectivity index (χ2n) is 9.06. The van der Waals surface area contributed by atoms with Crippen LogP contribution in [0.25, 0.3) is 0 Å². The molecule has 156 valence electrons. The first-order chi connectivity index (χ1) is 14.0. The summed E-state index contributed by atoms with van der Waals surface area (Å²) in [5.74, 6) is 0.00735. The number of piperidine rings is 1. The molecule has 0 unspecified atom stereocenters. The van der Waals surface area contributed by atoms with Crippen LogP contribution < -0.4 is 5.32 Å². The normalized spacial score (nSPS) is 23.0. The van der Waals surface area contributed by atoms with Gasteiger partial charge in [0, 0.05) is 30.9 Å². The van der Waals surface area contributed by atoms with Crippen molar-refractivity contribution in [1.29, 1.82) is 0 Å². The van der Waals surface area contributed by atoms with Crippen LogP contribution in [0.4, 0.5) is 0 Å². The summed E-state index contributed by atoms with van der Waals surface area (Å²) in [4.78, 5) is 26.6. The molecule has 5 rings (SSSR count). The lowest BCUT2D eigenvalue weighted by molar-refractivity contribution is -0.149. The number of fused-ring (bicyclic) bond motifs is 1. The lowest BCUT2D eigenvalue weighted by atomic mass is 9.88. The van der Waals surface area contributed by atoms with Gasteiger partial charge in [0.05, 0.1) is 12.1 Å². The van der Waals surface area contributed by atoms with Crippen molar-refractivity contribution in [1.82, 2.24) is 20.0 Å². The fraction of sp³-hybridized carbons (Fsp3) is 0.682. The van der Waals surface area contributed by atoms with Crippen LogP contribution in [0.3, 0.4) is 0 Å². The molecule has 3 heterocycles. The monoisotopic (exact) mass is 398 g/mol. The molecule has 3 fully saturated rings. The Balaban J connectivity index is 1.30. The van der Waals surface area contributed by atoms with Gasteiger partial charge in [-0.25, -0.2) is 0 Å². The molecule has 0 atom stereocenters. The van der Waals surface area contributed by atoms with Crippen LogP contribution in [-0.2, 0) is 28.9 Å². The summed E-state index contributed by atoms with van der Waals surface area (Å²) in [6.45, 7) is 5.01. The molecule has 7 heteroatoms. The number of morpholine rings is 1. The third kappa shape index (κ3) is 3.39. The lowest BCUT2D eigenvalue weighted by Crippen LogP contribution is -2.58. The minimum atomic E-state index is -0.307. The number of ether oxygens (including phenoxy) is 1. The summed E-state index contributed by atoms with van der Waals surface area (Å²) in [6, 6.07) is 0. The zero-order chi connectivity index (χ0) is 20.0. The molecule has 4 aliphatic rings. The number of allylic oxidation sites excluding steroid dienone is 2. The molecule has 1 aromatic rings. The van der Waals surface area contributed by atoms with E-state index in [1.165, 1.54) is 36.1 Å². The molecule has 0 bridgehead atoms. The summed E-state index contributed by atoms with van der Waals surface area (Å²) in [7, 11) is 0. The van der Waals surface area contributed by atoms with E-state index in [4.69, 9.17) is 9.84 Å². The molecule has 7 nitrogen and oxygen atoms in total. The van der Waals surface area contributed by atoms with Crippen molar-refractivity contribution in [2.75, 3.05) is 26.2 Å². The molecule has 29 heavy (non-hydrogen) atoms. The Hall–Kier alpha value is -2.15. The Kier molecular flexibility index (Phi) is 4.73. The van der Waals surface area contributed by atoms with E-state index >= 15 is 0 Å². The van der Waals surface area contributed by atoms with Crippen molar-refractivity contribution in [2.24, 2.45) is 0 Å². The fourth-order valence-corrected chi connectivity index (χ4v) is 5.10. The minimum Gasteiger partial charge on any atom is -0.363 e. The first-order valence-electron chi connectivity index (χ1n) is 11.0. The van der Waals surface area contributed by atoms with Gasteiger partial charge in [-0.2, -0.15) is 5.10 Å². The Morgan fingerprint density at radius 1 is 1.17 bits per heavy atom. The smallest absolute Gasteiger partial charge is 0.274 e. The number of nitrogens with zero attached hydrogens (tertiary/aromatic N) is 3. The van der Waals surface area contributed by atoms with Gasteiger partial charge in [-0.15, -0.1) is 0 Å². The van der Waals surface area contributed by atoms with Gasteiger partial charge in [0.2, 0.25) is 5.91 Å². The van der Waals surface area contributed by atoms with Crippen LogP contribution in [0.1, 0.15) is 67.2 Å². The predicted octanol–water partition coefficient (Wildman–Crippen LogP) is 1.99. The number of aromatic nitrogens is 2. The highest BCUT2D eigenvalue weighted by Gasteiger charge is 2.41. The van der Waals surface area contributed by atoms with Gasteiger partial charge in [-0.05, 0) is 58.3 Å². The van der Waals surface area contributed by atoms with Gasteiger partial charge in [0.15, 0.2) is 5.69 Å². The number of amides is 2. The average molecular weight is 399 g/mol. The largest absolute Gasteiger partial charge is 0.363 e. The Morgan fingerprint density at radius 3 is 2.59 bits per heavy atom. The van der Waals surface area contributed by atoms with E-state index in [0.717, 1.165) is 38.6 Å². The molecule has 2 saturated heterocycles.